The Morgan fingerprint density at radius 1 is 1.05 bits per heavy atom. The number of hydrogen-bond donors (Lipinski definition) is 2. The number of hydrogen-bond acceptors (Lipinski definition) is 7. The fourth-order valence-electron chi connectivity index (χ4n) is 4.46. The van der Waals surface area contributed by atoms with Crippen LogP contribution in [0.1, 0.15) is 22.5 Å². The third kappa shape index (κ3) is 4.99. The van der Waals surface area contributed by atoms with Gasteiger partial charge in [0.15, 0.2) is 5.69 Å². The van der Waals surface area contributed by atoms with Gasteiger partial charge in [0.25, 0.3) is 5.91 Å². The number of benzene rings is 1. The number of aromatic nitrogens is 5. The van der Waals surface area contributed by atoms with E-state index in [1.54, 1.807) is 61.2 Å². The van der Waals surface area contributed by atoms with Crippen LogP contribution in [-0.2, 0) is 22.7 Å². The molecule has 37 heavy (non-hydrogen) atoms. The lowest BCUT2D eigenvalue weighted by Gasteiger charge is -2.23. The predicted molar refractivity (Wildman–Crippen MR) is 130 cm³/mol. The Morgan fingerprint density at radius 2 is 1.86 bits per heavy atom. The van der Waals surface area contributed by atoms with Gasteiger partial charge < -0.3 is 16.0 Å². The summed E-state index contributed by atoms with van der Waals surface area (Å²) in [7, 11) is 0. The number of halogens is 1. The standard InChI is InChI=1S/C25H23FN8O3/c26-18-10-21(25(37)29-11-15-3-6-28-7-4-15)33(13-18)22(35)14-34-20-2-1-16(17-5-8-30-31-12-17)9-19(20)23(32-34)24(27)36/h1-9,12,18,21H,10-11,13-14H2,(H2,27,36)(H,29,37)/t18-,21+/m1/s1. The van der Waals surface area contributed by atoms with Crippen LogP contribution in [0.3, 0.4) is 0 Å². The Morgan fingerprint density at radius 3 is 2.59 bits per heavy atom. The second kappa shape index (κ2) is 10.1. The van der Waals surface area contributed by atoms with Crippen LogP contribution in [0, 0.1) is 0 Å². The second-order valence-corrected chi connectivity index (χ2v) is 8.70. The van der Waals surface area contributed by atoms with Crippen LogP contribution in [-0.4, -0.2) is 66.3 Å². The molecule has 12 heteroatoms. The van der Waals surface area contributed by atoms with Crippen LogP contribution in [0.5, 0.6) is 0 Å². The summed E-state index contributed by atoms with van der Waals surface area (Å²) in [5, 5.41) is 15.1. The Kier molecular flexibility index (Phi) is 6.54. The smallest absolute Gasteiger partial charge is 0.269 e. The van der Waals surface area contributed by atoms with Gasteiger partial charge in [-0.3, -0.25) is 24.0 Å². The van der Waals surface area contributed by atoms with E-state index >= 15 is 0 Å². The SMILES string of the molecule is NC(=O)c1nn(CC(=O)N2C[C@H](F)C[C@H]2C(=O)NCc2ccncc2)c2ccc(-c3ccnnc3)cc12. The normalized spacial score (nSPS) is 17.2. The molecule has 3 N–H and O–H groups in total. The number of fused-ring (bicyclic) bond motifs is 1. The average Bonchev–Trinajstić information content (AvgIpc) is 3.49. The third-order valence-corrected chi connectivity index (χ3v) is 6.28. The molecule has 0 radical (unpaired) electrons. The Balaban J connectivity index is 1.37. The molecule has 1 aromatic carbocycles. The average molecular weight is 503 g/mol. The third-order valence-electron chi connectivity index (χ3n) is 6.28. The zero-order chi connectivity index (χ0) is 25.9. The number of primary amides is 1. The minimum atomic E-state index is -1.33. The van der Waals surface area contributed by atoms with Crippen molar-refractivity contribution in [2.24, 2.45) is 5.73 Å². The molecule has 2 atom stereocenters. The summed E-state index contributed by atoms with van der Waals surface area (Å²) in [6.07, 6.45) is 4.93. The number of carbonyl (C=O) groups excluding carboxylic acids is 3. The Labute approximate surface area is 210 Å². The summed E-state index contributed by atoms with van der Waals surface area (Å²) in [5.41, 5.74) is 8.44. The number of carbonyl (C=O) groups is 3. The zero-order valence-corrected chi connectivity index (χ0v) is 19.6. The highest BCUT2D eigenvalue weighted by atomic mass is 19.1. The molecule has 4 heterocycles. The highest BCUT2D eigenvalue weighted by Gasteiger charge is 2.40. The van der Waals surface area contributed by atoms with Crippen molar-refractivity contribution >= 4 is 28.6 Å². The maximum Gasteiger partial charge on any atom is 0.269 e. The minimum Gasteiger partial charge on any atom is -0.364 e. The molecule has 11 nitrogen and oxygen atoms in total. The summed E-state index contributed by atoms with van der Waals surface area (Å²) in [5.74, 6) is -1.68. The number of pyridine rings is 1. The first-order valence-corrected chi connectivity index (χ1v) is 11.6. The van der Waals surface area contributed by atoms with Crippen LogP contribution < -0.4 is 11.1 Å². The molecular formula is C25H23FN8O3. The summed E-state index contributed by atoms with van der Waals surface area (Å²) >= 11 is 0. The first-order valence-electron chi connectivity index (χ1n) is 11.6. The summed E-state index contributed by atoms with van der Waals surface area (Å²) in [6.45, 7) is -0.258. The van der Waals surface area contributed by atoms with Gasteiger partial charge in [-0.1, -0.05) is 6.07 Å². The number of rotatable bonds is 7. The molecule has 1 fully saturated rings. The maximum atomic E-state index is 14.3. The Hall–Kier alpha value is -4.74. The first kappa shape index (κ1) is 24.0. The molecule has 1 aliphatic heterocycles. The van der Waals surface area contributed by atoms with Crippen LogP contribution in [0.4, 0.5) is 4.39 Å². The fourth-order valence-corrected chi connectivity index (χ4v) is 4.46. The van der Waals surface area contributed by atoms with E-state index in [0.717, 1.165) is 16.7 Å². The molecule has 1 aliphatic rings. The lowest BCUT2D eigenvalue weighted by Crippen LogP contribution is -2.46. The first-order chi connectivity index (χ1) is 17.9. The fraction of sp³-hybridized carbons (Fsp3) is 0.240. The molecule has 0 saturated carbocycles. The lowest BCUT2D eigenvalue weighted by atomic mass is 10.0. The van der Waals surface area contributed by atoms with Crippen LogP contribution in [0.25, 0.3) is 22.0 Å². The van der Waals surface area contributed by atoms with Crippen molar-refractivity contribution in [2.45, 2.75) is 31.7 Å². The summed E-state index contributed by atoms with van der Waals surface area (Å²) in [6, 6.07) is 9.59. The quantitative estimate of drug-likeness (QED) is 0.386. The van der Waals surface area contributed by atoms with Crippen molar-refractivity contribution in [3.8, 4) is 11.1 Å². The molecule has 3 amide bonds. The molecule has 5 rings (SSSR count). The molecule has 0 bridgehead atoms. The van der Waals surface area contributed by atoms with Gasteiger partial charge in [0.05, 0.1) is 24.5 Å². The number of alkyl halides is 1. The van der Waals surface area contributed by atoms with Crippen molar-refractivity contribution in [1.82, 2.24) is 35.2 Å². The van der Waals surface area contributed by atoms with E-state index < -0.39 is 29.9 Å². The van der Waals surface area contributed by atoms with Gasteiger partial charge in [0.2, 0.25) is 11.8 Å². The number of amides is 3. The summed E-state index contributed by atoms with van der Waals surface area (Å²) < 4.78 is 15.7. The highest BCUT2D eigenvalue weighted by molar-refractivity contribution is 6.05. The zero-order valence-electron chi connectivity index (χ0n) is 19.6. The lowest BCUT2D eigenvalue weighted by molar-refractivity contribution is -0.139. The van der Waals surface area contributed by atoms with E-state index in [4.69, 9.17) is 5.73 Å². The van der Waals surface area contributed by atoms with Crippen LogP contribution in [0.2, 0.25) is 0 Å². The van der Waals surface area contributed by atoms with Crippen molar-refractivity contribution in [1.29, 1.82) is 0 Å². The van der Waals surface area contributed by atoms with Gasteiger partial charge >= 0.3 is 0 Å². The molecule has 3 aromatic heterocycles. The molecule has 0 unspecified atom stereocenters. The van der Waals surface area contributed by atoms with Crippen molar-refractivity contribution in [2.75, 3.05) is 6.54 Å². The molecule has 0 aliphatic carbocycles. The van der Waals surface area contributed by atoms with Crippen LogP contribution >= 0.6 is 0 Å². The second-order valence-electron chi connectivity index (χ2n) is 8.70. The van der Waals surface area contributed by atoms with Gasteiger partial charge in [-0.25, -0.2) is 4.39 Å². The van der Waals surface area contributed by atoms with E-state index in [9.17, 15) is 18.8 Å². The van der Waals surface area contributed by atoms with Crippen molar-refractivity contribution in [3.05, 3.63) is 72.4 Å². The highest BCUT2D eigenvalue weighted by Crippen LogP contribution is 2.27. The van der Waals surface area contributed by atoms with E-state index in [1.807, 2.05) is 0 Å². The number of nitrogens with one attached hydrogen (secondary N) is 1. The number of nitrogens with two attached hydrogens (primary N) is 1. The van der Waals surface area contributed by atoms with Gasteiger partial charge in [-0.2, -0.15) is 15.3 Å². The van der Waals surface area contributed by atoms with E-state index in [1.165, 1.54) is 9.58 Å². The molecule has 0 spiro atoms. The van der Waals surface area contributed by atoms with Crippen molar-refractivity contribution < 1.29 is 18.8 Å². The molecule has 4 aromatic rings. The van der Waals surface area contributed by atoms with Crippen molar-refractivity contribution in [3.63, 3.8) is 0 Å². The maximum absolute atomic E-state index is 14.3. The topological polar surface area (TPSA) is 149 Å². The van der Waals surface area contributed by atoms with E-state index in [-0.39, 0.29) is 31.7 Å². The molecule has 188 valence electrons. The number of likely N-dealkylation sites (tertiary alicyclic amines) is 1. The Bertz CT molecular complexity index is 1460. The van der Waals surface area contributed by atoms with Gasteiger partial charge in [-0.15, -0.1) is 0 Å². The predicted octanol–water partition coefficient (Wildman–Crippen LogP) is 1.24. The largest absolute Gasteiger partial charge is 0.364 e. The van der Waals surface area contributed by atoms with Crippen LogP contribution in [0.15, 0.2) is 61.2 Å². The summed E-state index contributed by atoms with van der Waals surface area (Å²) in [4.78, 5) is 43.3. The van der Waals surface area contributed by atoms with Gasteiger partial charge in [0.1, 0.15) is 18.8 Å². The van der Waals surface area contributed by atoms with Gasteiger partial charge in [0, 0.05) is 36.3 Å². The van der Waals surface area contributed by atoms with E-state index in [2.05, 4.69) is 25.6 Å². The molecule has 1 saturated heterocycles. The monoisotopic (exact) mass is 502 g/mol. The minimum absolute atomic E-state index is 0.00287. The van der Waals surface area contributed by atoms with Gasteiger partial charge in [-0.05, 0) is 41.5 Å². The molecular weight excluding hydrogens is 479 g/mol. The number of nitrogens with zero attached hydrogens (tertiary/aromatic N) is 6. The van der Waals surface area contributed by atoms with E-state index in [0.29, 0.717) is 10.9 Å².